The number of hydrogen-bond acceptors (Lipinski definition) is 3. The molecule has 0 radical (unpaired) electrons. The molecule has 2 rings (SSSR count). The van der Waals surface area contributed by atoms with Gasteiger partial charge in [0.1, 0.15) is 5.82 Å². The molecule has 1 aromatic heterocycles. The molecule has 1 fully saturated rings. The van der Waals surface area contributed by atoms with Gasteiger partial charge < -0.3 is 15.0 Å². The van der Waals surface area contributed by atoms with Crippen molar-refractivity contribution in [1.82, 2.24) is 15.3 Å². The van der Waals surface area contributed by atoms with Crippen LogP contribution in [0.25, 0.3) is 0 Å². The molecule has 16 heavy (non-hydrogen) atoms. The Kier molecular flexibility index (Phi) is 3.96. The van der Waals surface area contributed by atoms with Crippen LogP contribution in [0, 0.1) is 0 Å². The van der Waals surface area contributed by atoms with Crippen LogP contribution >= 0.6 is 0 Å². The second-order valence-corrected chi connectivity index (χ2v) is 4.57. The molecular weight excluding hydrogens is 202 g/mol. The van der Waals surface area contributed by atoms with E-state index < -0.39 is 0 Å². The lowest BCUT2D eigenvalue weighted by Crippen LogP contribution is -2.36. The number of H-pyrrole nitrogens is 1. The van der Waals surface area contributed by atoms with Crippen LogP contribution in [0.4, 0.5) is 0 Å². The summed E-state index contributed by atoms with van der Waals surface area (Å²) in [5.74, 6) is 1.02. The van der Waals surface area contributed by atoms with E-state index in [4.69, 9.17) is 4.74 Å². The molecule has 1 atom stereocenters. The Morgan fingerprint density at radius 1 is 1.44 bits per heavy atom. The van der Waals surface area contributed by atoms with E-state index in [2.05, 4.69) is 22.2 Å². The van der Waals surface area contributed by atoms with Crippen LogP contribution in [0.2, 0.25) is 0 Å². The summed E-state index contributed by atoms with van der Waals surface area (Å²) in [4.78, 5) is 7.42. The minimum Gasteiger partial charge on any atom is -0.381 e. The fourth-order valence-electron chi connectivity index (χ4n) is 2.41. The van der Waals surface area contributed by atoms with E-state index in [0.29, 0.717) is 18.2 Å². The van der Waals surface area contributed by atoms with Gasteiger partial charge >= 0.3 is 0 Å². The highest BCUT2D eigenvalue weighted by Gasteiger charge is 2.22. The second-order valence-electron chi connectivity index (χ2n) is 4.57. The SMILES string of the molecule is COC1CCC(NC(C)c2ncc[nH]2)CC1. The average Bonchev–Trinajstić information content (AvgIpc) is 2.83. The first kappa shape index (κ1) is 11.6. The van der Waals surface area contributed by atoms with Crippen LogP contribution in [0.3, 0.4) is 0 Å². The van der Waals surface area contributed by atoms with Crippen molar-refractivity contribution < 1.29 is 4.74 Å². The first-order chi connectivity index (χ1) is 7.79. The van der Waals surface area contributed by atoms with E-state index in [1.165, 1.54) is 25.7 Å². The molecule has 1 heterocycles. The number of aromatic amines is 1. The van der Waals surface area contributed by atoms with Crippen molar-refractivity contribution in [3.05, 3.63) is 18.2 Å². The summed E-state index contributed by atoms with van der Waals surface area (Å²) in [6, 6.07) is 0.908. The van der Waals surface area contributed by atoms with E-state index in [9.17, 15) is 0 Å². The minimum atomic E-state index is 0.305. The zero-order chi connectivity index (χ0) is 11.4. The molecule has 4 heteroatoms. The third-order valence-corrected chi connectivity index (χ3v) is 3.42. The molecule has 0 spiro atoms. The van der Waals surface area contributed by atoms with Gasteiger partial charge in [-0.15, -0.1) is 0 Å². The van der Waals surface area contributed by atoms with E-state index in [1.807, 2.05) is 13.3 Å². The lowest BCUT2D eigenvalue weighted by molar-refractivity contribution is 0.0612. The number of nitrogens with zero attached hydrogens (tertiary/aromatic N) is 1. The summed E-state index contributed by atoms with van der Waals surface area (Å²) in [5, 5.41) is 3.62. The van der Waals surface area contributed by atoms with Crippen molar-refractivity contribution in [2.75, 3.05) is 7.11 Å². The number of aromatic nitrogens is 2. The number of methoxy groups -OCH3 is 1. The van der Waals surface area contributed by atoms with Crippen LogP contribution in [0.15, 0.2) is 12.4 Å². The molecule has 0 aromatic carbocycles. The van der Waals surface area contributed by atoms with E-state index in [0.717, 1.165) is 5.82 Å². The van der Waals surface area contributed by atoms with Gasteiger partial charge in [-0.1, -0.05) is 0 Å². The lowest BCUT2D eigenvalue weighted by Gasteiger charge is -2.30. The molecule has 1 aliphatic rings. The molecular formula is C12H21N3O. The molecule has 1 saturated carbocycles. The summed E-state index contributed by atoms with van der Waals surface area (Å²) in [7, 11) is 1.81. The van der Waals surface area contributed by atoms with Crippen molar-refractivity contribution >= 4 is 0 Å². The highest BCUT2D eigenvalue weighted by molar-refractivity contribution is 4.95. The third-order valence-electron chi connectivity index (χ3n) is 3.42. The molecule has 2 N–H and O–H groups in total. The zero-order valence-corrected chi connectivity index (χ0v) is 10.1. The number of hydrogen-bond donors (Lipinski definition) is 2. The smallest absolute Gasteiger partial charge is 0.122 e. The maximum atomic E-state index is 5.37. The molecule has 0 aliphatic heterocycles. The highest BCUT2D eigenvalue weighted by Crippen LogP contribution is 2.22. The van der Waals surface area contributed by atoms with E-state index in [1.54, 1.807) is 6.20 Å². The van der Waals surface area contributed by atoms with Gasteiger partial charge in [0, 0.05) is 25.5 Å². The topological polar surface area (TPSA) is 49.9 Å². The Balaban J connectivity index is 1.78. The van der Waals surface area contributed by atoms with Crippen molar-refractivity contribution in [3.8, 4) is 0 Å². The minimum absolute atomic E-state index is 0.305. The summed E-state index contributed by atoms with van der Waals surface area (Å²) in [6.07, 6.45) is 8.87. The molecule has 1 aliphatic carbocycles. The quantitative estimate of drug-likeness (QED) is 0.821. The van der Waals surface area contributed by atoms with E-state index in [-0.39, 0.29) is 0 Å². The van der Waals surface area contributed by atoms with Gasteiger partial charge in [-0.25, -0.2) is 4.98 Å². The van der Waals surface area contributed by atoms with Gasteiger partial charge in [0.15, 0.2) is 0 Å². The van der Waals surface area contributed by atoms with Crippen LogP contribution in [0.5, 0.6) is 0 Å². The fourth-order valence-corrected chi connectivity index (χ4v) is 2.41. The van der Waals surface area contributed by atoms with Crippen LogP contribution in [0.1, 0.15) is 44.5 Å². The first-order valence-corrected chi connectivity index (χ1v) is 6.07. The zero-order valence-electron chi connectivity index (χ0n) is 10.1. The second kappa shape index (κ2) is 5.46. The highest BCUT2D eigenvalue weighted by atomic mass is 16.5. The maximum Gasteiger partial charge on any atom is 0.122 e. The van der Waals surface area contributed by atoms with Crippen LogP contribution in [-0.2, 0) is 4.74 Å². The van der Waals surface area contributed by atoms with Gasteiger partial charge in [0.05, 0.1) is 12.1 Å². The molecule has 4 nitrogen and oxygen atoms in total. The molecule has 0 bridgehead atoms. The van der Waals surface area contributed by atoms with Crippen LogP contribution < -0.4 is 5.32 Å². The fraction of sp³-hybridized carbons (Fsp3) is 0.750. The number of ether oxygens (including phenoxy) is 1. The first-order valence-electron chi connectivity index (χ1n) is 6.07. The van der Waals surface area contributed by atoms with Crippen molar-refractivity contribution in [1.29, 1.82) is 0 Å². The van der Waals surface area contributed by atoms with Crippen molar-refractivity contribution in [3.63, 3.8) is 0 Å². The van der Waals surface area contributed by atoms with Gasteiger partial charge in [0.2, 0.25) is 0 Å². The Hall–Kier alpha value is -0.870. The summed E-state index contributed by atoms with van der Waals surface area (Å²) < 4.78 is 5.37. The number of imidazole rings is 1. The standard InChI is InChI=1S/C12H21N3O/c1-9(12-13-7-8-14-12)15-10-3-5-11(16-2)6-4-10/h7-11,15H,3-6H2,1-2H3,(H,13,14). The van der Waals surface area contributed by atoms with Gasteiger partial charge in [-0.05, 0) is 32.6 Å². The number of nitrogens with one attached hydrogen (secondary N) is 2. The Morgan fingerprint density at radius 3 is 2.75 bits per heavy atom. The largest absolute Gasteiger partial charge is 0.381 e. The Bertz CT molecular complexity index is 291. The summed E-state index contributed by atoms with van der Waals surface area (Å²) in [6.45, 7) is 2.15. The number of rotatable bonds is 4. The molecule has 90 valence electrons. The molecule has 0 amide bonds. The molecule has 0 saturated heterocycles. The van der Waals surface area contributed by atoms with Crippen LogP contribution in [-0.4, -0.2) is 29.2 Å². The normalized spacial score (nSPS) is 27.9. The van der Waals surface area contributed by atoms with Gasteiger partial charge in [0.25, 0.3) is 0 Å². The van der Waals surface area contributed by atoms with Crippen molar-refractivity contribution in [2.45, 2.75) is 50.8 Å². The van der Waals surface area contributed by atoms with Crippen molar-refractivity contribution in [2.24, 2.45) is 0 Å². The average molecular weight is 223 g/mol. The Labute approximate surface area is 96.8 Å². The predicted molar refractivity (Wildman–Crippen MR) is 63.2 cm³/mol. The Morgan fingerprint density at radius 2 is 2.19 bits per heavy atom. The van der Waals surface area contributed by atoms with Gasteiger partial charge in [-0.3, -0.25) is 0 Å². The summed E-state index contributed by atoms with van der Waals surface area (Å²) in [5.41, 5.74) is 0. The predicted octanol–water partition coefficient (Wildman–Crippen LogP) is 2.02. The summed E-state index contributed by atoms with van der Waals surface area (Å²) >= 11 is 0. The van der Waals surface area contributed by atoms with E-state index >= 15 is 0 Å². The molecule has 1 aromatic rings. The lowest BCUT2D eigenvalue weighted by atomic mass is 9.92. The molecule has 1 unspecified atom stereocenters. The maximum absolute atomic E-state index is 5.37. The third kappa shape index (κ3) is 2.83. The monoisotopic (exact) mass is 223 g/mol. The van der Waals surface area contributed by atoms with Gasteiger partial charge in [-0.2, -0.15) is 0 Å².